The van der Waals surface area contributed by atoms with E-state index in [1.807, 2.05) is 31.2 Å². The molecule has 1 aromatic heterocycles. The van der Waals surface area contributed by atoms with Gasteiger partial charge in [0.2, 0.25) is 5.95 Å². The summed E-state index contributed by atoms with van der Waals surface area (Å²) >= 11 is 6.10. The second-order valence-corrected chi connectivity index (χ2v) is 6.50. The number of nitrogens with zero attached hydrogens (tertiary/aromatic N) is 4. The first-order valence-corrected chi connectivity index (χ1v) is 8.87. The fourth-order valence-electron chi connectivity index (χ4n) is 2.90. The van der Waals surface area contributed by atoms with Gasteiger partial charge in [-0.3, -0.25) is 0 Å². The minimum absolute atomic E-state index is 0.649. The molecule has 0 atom stereocenters. The van der Waals surface area contributed by atoms with Crippen molar-refractivity contribution in [2.45, 2.75) is 6.92 Å². The van der Waals surface area contributed by atoms with Crippen LogP contribution in [0.3, 0.4) is 0 Å². The lowest BCUT2D eigenvalue weighted by molar-refractivity contribution is 0.210. The molecule has 0 aliphatic carbocycles. The largest absolute Gasteiger partial charge is 0.383 e. The topological polar surface area (TPSA) is 53.5 Å². The molecule has 134 valence electrons. The lowest BCUT2D eigenvalue weighted by Crippen LogP contribution is -2.47. The van der Waals surface area contributed by atoms with E-state index in [4.69, 9.17) is 16.3 Å². The molecular formula is C18H24ClN5O. The molecular weight excluding hydrogens is 338 g/mol. The van der Waals surface area contributed by atoms with Gasteiger partial charge in [0.15, 0.2) is 0 Å². The Morgan fingerprint density at radius 2 is 1.88 bits per heavy atom. The number of aromatic nitrogens is 2. The van der Waals surface area contributed by atoms with Crippen molar-refractivity contribution in [3.05, 3.63) is 41.0 Å². The summed E-state index contributed by atoms with van der Waals surface area (Å²) in [4.78, 5) is 13.8. The van der Waals surface area contributed by atoms with E-state index in [1.165, 1.54) is 5.69 Å². The van der Waals surface area contributed by atoms with Crippen LogP contribution >= 0.6 is 11.6 Å². The number of methoxy groups -OCH3 is 1. The van der Waals surface area contributed by atoms with E-state index < -0.39 is 0 Å². The molecule has 0 unspecified atom stereocenters. The highest BCUT2D eigenvalue weighted by Gasteiger charge is 2.20. The van der Waals surface area contributed by atoms with E-state index in [1.54, 1.807) is 7.11 Å². The molecule has 0 bridgehead atoms. The lowest BCUT2D eigenvalue weighted by Gasteiger charge is -2.36. The highest BCUT2D eigenvalue weighted by atomic mass is 35.5. The van der Waals surface area contributed by atoms with Crippen LogP contribution in [0.2, 0.25) is 5.02 Å². The minimum atomic E-state index is 0.649. The first-order chi connectivity index (χ1) is 12.2. The number of ether oxygens (including phenoxy) is 1. The van der Waals surface area contributed by atoms with Gasteiger partial charge in [-0.05, 0) is 25.1 Å². The molecule has 1 fully saturated rings. The van der Waals surface area contributed by atoms with Crippen molar-refractivity contribution >= 4 is 29.1 Å². The van der Waals surface area contributed by atoms with Gasteiger partial charge >= 0.3 is 0 Å². The van der Waals surface area contributed by atoms with Crippen LogP contribution in [0, 0.1) is 6.92 Å². The zero-order chi connectivity index (χ0) is 17.6. The summed E-state index contributed by atoms with van der Waals surface area (Å²) in [7, 11) is 1.69. The molecule has 2 aromatic rings. The summed E-state index contributed by atoms with van der Waals surface area (Å²) in [6.45, 7) is 6.98. The Balaban J connectivity index is 1.64. The summed E-state index contributed by atoms with van der Waals surface area (Å²) < 4.78 is 5.07. The highest BCUT2D eigenvalue weighted by Crippen LogP contribution is 2.22. The van der Waals surface area contributed by atoms with Crippen LogP contribution in [-0.4, -0.2) is 56.4 Å². The van der Waals surface area contributed by atoms with Gasteiger partial charge < -0.3 is 19.9 Å². The zero-order valence-electron chi connectivity index (χ0n) is 14.7. The van der Waals surface area contributed by atoms with E-state index in [0.717, 1.165) is 55.2 Å². The minimum Gasteiger partial charge on any atom is -0.383 e. The van der Waals surface area contributed by atoms with Crippen LogP contribution in [-0.2, 0) is 4.74 Å². The van der Waals surface area contributed by atoms with Crippen LogP contribution < -0.4 is 15.1 Å². The Morgan fingerprint density at radius 1 is 1.12 bits per heavy atom. The number of benzene rings is 1. The summed E-state index contributed by atoms with van der Waals surface area (Å²) in [5, 5.41) is 4.05. The maximum atomic E-state index is 6.10. The number of hydrogen-bond acceptors (Lipinski definition) is 6. The number of piperazine rings is 1. The summed E-state index contributed by atoms with van der Waals surface area (Å²) in [6, 6.07) is 9.97. The zero-order valence-corrected chi connectivity index (χ0v) is 15.5. The van der Waals surface area contributed by atoms with Crippen molar-refractivity contribution in [3.8, 4) is 0 Å². The smallest absolute Gasteiger partial charge is 0.227 e. The Kier molecular flexibility index (Phi) is 5.94. The normalized spacial score (nSPS) is 14.7. The predicted molar refractivity (Wildman–Crippen MR) is 103 cm³/mol. The Bertz CT molecular complexity index is 704. The molecule has 0 radical (unpaired) electrons. The SMILES string of the molecule is COCCNc1cc(C)nc(N2CCN(c3cccc(Cl)c3)CC2)n1. The van der Waals surface area contributed by atoms with Gasteiger partial charge in [0.1, 0.15) is 5.82 Å². The van der Waals surface area contributed by atoms with Gasteiger partial charge in [-0.25, -0.2) is 4.98 Å². The first kappa shape index (κ1) is 17.8. The molecule has 1 N–H and O–H groups in total. The molecule has 1 aliphatic rings. The molecule has 0 saturated carbocycles. The number of nitrogens with one attached hydrogen (secondary N) is 1. The standard InChI is InChI=1S/C18H24ClN5O/c1-14-12-17(20-6-11-25-2)22-18(21-14)24-9-7-23(8-10-24)16-5-3-4-15(19)13-16/h3-5,12-13H,6-11H2,1-2H3,(H,20,21,22). The summed E-state index contributed by atoms with van der Waals surface area (Å²) in [5.41, 5.74) is 2.13. The Hall–Kier alpha value is -2.05. The third-order valence-electron chi connectivity index (χ3n) is 4.19. The average Bonchev–Trinajstić information content (AvgIpc) is 2.62. The molecule has 0 spiro atoms. The third kappa shape index (κ3) is 4.74. The van der Waals surface area contributed by atoms with Crippen molar-refractivity contribution in [3.63, 3.8) is 0 Å². The third-order valence-corrected chi connectivity index (χ3v) is 4.43. The van der Waals surface area contributed by atoms with E-state index in [-0.39, 0.29) is 0 Å². The first-order valence-electron chi connectivity index (χ1n) is 8.49. The molecule has 6 nitrogen and oxygen atoms in total. The van der Waals surface area contributed by atoms with E-state index in [2.05, 4.69) is 31.2 Å². The molecule has 25 heavy (non-hydrogen) atoms. The maximum absolute atomic E-state index is 6.10. The van der Waals surface area contributed by atoms with Gasteiger partial charge in [0, 0.05) is 62.3 Å². The Morgan fingerprint density at radius 3 is 2.60 bits per heavy atom. The van der Waals surface area contributed by atoms with Crippen LogP contribution in [0.1, 0.15) is 5.69 Å². The molecule has 1 aliphatic heterocycles. The number of rotatable bonds is 6. The molecule has 2 heterocycles. The molecule has 7 heteroatoms. The highest BCUT2D eigenvalue weighted by molar-refractivity contribution is 6.30. The van der Waals surface area contributed by atoms with Crippen LogP contribution in [0.25, 0.3) is 0 Å². The van der Waals surface area contributed by atoms with Gasteiger partial charge in [-0.2, -0.15) is 4.98 Å². The average molecular weight is 362 g/mol. The van der Waals surface area contributed by atoms with E-state index >= 15 is 0 Å². The number of anilines is 3. The summed E-state index contributed by atoms with van der Waals surface area (Å²) in [6.07, 6.45) is 0. The van der Waals surface area contributed by atoms with E-state index in [9.17, 15) is 0 Å². The van der Waals surface area contributed by atoms with Gasteiger partial charge in [-0.15, -0.1) is 0 Å². The second kappa shape index (κ2) is 8.36. The predicted octanol–water partition coefficient (Wildman–Crippen LogP) is 2.82. The van der Waals surface area contributed by atoms with Gasteiger partial charge in [0.05, 0.1) is 6.61 Å². The quantitative estimate of drug-likeness (QED) is 0.798. The van der Waals surface area contributed by atoms with Gasteiger partial charge in [0.25, 0.3) is 0 Å². The second-order valence-electron chi connectivity index (χ2n) is 6.07. The van der Waals surface area contributed by atoms with Crippen LogP contribution in [0.5, 0.6) is 0 Å². The molecule has 0 amide bonds. The number of aryl methyl sites for hydroxylation is 1. The number of hydrogen-bond donors (Lipinski definition) is 1. The van der Waals surface area contributed by atoms with Gasteiger partial charge in [-0.1, -0.05) is 17.7 Å². The molecule has 1 saturated heterocycles. The summed E-state index contributed by atoms with van der Waals surface area (Å²) in [5.74, 6) is 1.63. The lowest BCUT2D eigenvalue weighted by atomic mass is 10.2. The van der Waals surface area contributed by atoms with Crippen molar-refractivity contribution in [1.29, 1.82) is 0 Å². The van der Waals surface area contributed by atoms with Crippen molar-refractivity contribution < 1.29 is 4.74 Å². The van der Waals surface area contributed by atoms with Crippen molar-refractivity contribution in [2.75, 3.05) is 61.6 Å². The Labute approximate surface area is 153 Å². The van der Waals surface area contributed by atoms with Crippen LogP contribution in [0.15, 0.2) is 30.3 Å². The number of halogens is 1. The van der Waals surface area contributed by atoms with Crippen LogP contribution in [0.4, 0.5) is 17.5 Å². The maximum Gasteiger partial charge on any atom is 0.227 e. The molecule has 3 rings (SSSR count). The fourth-order valence-corrected chi connectivity index (χ4v) is 3.09. The monoisotopic (exact) mass is 361 g/mol. The molecule has 1 aromatic carbocycles. The van der Waals surface area contributed by atoms with Crippen molar-refractivity contribution in [2.24, 2.45) is 0 Å². The van der Waals surface area contributed by atoms with E-state index in [0.29, 0.717) is 6.61 Å². The van der Waals surface area contributed by atoms with Crippen molar-refractivity contribution in [1.82, 2.24) is 9.97 Å². The fraction of sp³-hybridized carbons (Fsp3) is 0.444.